The van der Waals surface area contributed by atoms with Crippen LogP contribution in [-0.2, 0) is 11.2 Å². The van der Waals surface area contributed by atoms with Crippen LogP contribution in [0.5, 0.6) is 0 Å². The Bertz CT molecular complexity index is 962. The molecule has 0 aliphatic heterocycles. The van der Waals surface area contributed by atoms with Crippen molar-refractivity contribution in [1.29, 1.82) is 0 Å². The van der Waals surface area contributed by atoms with Gasteiger partial charge in [-0.3, -0.25) is 4.79 Å². The summed E-state index contributed by atoms with van der Waals surface area (Å²) in [6, 6.07) is 16.7. The summed E-state index contributed by atoms with van der Waals surface area (Å²) < 4.78 is 1.45. The Hall–Kier alpha value is -3.55. The van der Waals surface area contributed by atoms with Gasteiger partial charge in [-0.05, 0) is 28.1 Å². The van der Waals surface area contributed by atoms with Gasteiger partial charge in [0.25, 0.3) is 0 Å². The molecule has 26 heavy (non-hydrogen) atoms. The van der Waals surface area contributed by atoms with Gasteiger partial charge in [0.2, 0.25) is 5.91 Å². The Morgan fingerprint density at radius 1 is 1.12 bits per heavy atom. The van der Waals surface area contributed by atoms with Gasteiger partial charge in [-0.25, -0.2) is 9.67 Å². The number of para-hydroxylation sites is 2. The Labute approximate surface area is 149 Å². The molecule has 1 atom stereocenters. The summed E-state index contributed by atoms with van der Waals surface area (Å²) in [4.78, 5) is 20.5. The highest BCUT2D eigenvalue weighted by Gasteiger charge is 2.23. The highest BCUT2D eigenvalue weighted by molar-refractivity contribution is 5.83. The Morgan fingerprint density at radius 2 is 1.92 bits per heavy atom. The minimum Gasteiger partial charge on any atom is -0.353 e. The molecule has 1 amide bonds. The molecule has 4 rings (SSSR count). The molecule has 2 aromatic carbocycles. The zero-order valence-corrected chi connectivity index (χ0v) is 13.9. The van der Waals surface area contributed by atoms with E-state index in [1.165, 1.54) is 11.0 Å². The number of hydrogen-bond donors (Lipinski definition) is 2. The zero-order valence-electron chi connectivity index (χ0n) is 13.9. The molecular weight excluding hydrogens is 330 g/mol. The smallest absolute Gasteiger partial charge is 0.249 e. The van der Waals surface area contributed by atoms with Gasteiger partial charge in [0.05, 0.1) is 11.0 Å². The molecule has 0 aliphatic rings. The van der Waals surface area contributed by atoms with Crippen molar-refractivity contribution in [2.45, 2.75) is 12.5 Å². The molecule has 0 bridgehead atoms. The van der Waals surface area contributed by atoms with Crippen LogP contribution in [0.15, 0.2) is 60.9 Å². The van der Waals surface area contributed by atoms with Crippen molar-refractivity contribution in [3.63, 3.8) is 0 Å². The molecule has 4 aromatic rings. The minimum absolute atomic E-state index is 0.167. The van der Waals surface area contributed by atoms with E-state index in [-0.39, 0.29) is 5.91 Å². The number of carbonyl (C=O) groups is 1. The topological polar surface area (TPSA) is 101 Å². The van der Waals surface area contributed by atoms with E-state index < -0.39 is 6.04 Å². The van der Waals surface area contributed by atoms with Crippen molar-refractivity contribution in [2.24, 2.45) is 0 Å². The Kier molecular flexibility index (Phi) is 4.38. The zero-order chi connectivity index (χ0) is 17.8. The highest BCUT2D eigenvalue weighted by Crippen LogP contribution is 2.17. The number of aromatic nitrogens is 6. The van der Waals surface area contributed by atoms with Crippen molar-refractivity contribution in [3.8, 4) is 0 Å². The van der Waals surface area contributed by atoms with Crippen LogP contribution in [0.25, 0.3) is 11.0 Å². The number of amides is 1. The highest BCUT2D eigenvalue weighted by atomic mass is 16.2. The summed E-state index contributed by atoms with van der Waals surface area (Å²) in [5.74, 6) is 0.671. The van der Waals surface area contributed by atoms with E-state index in [0.29, 0.717) is 13.0 Å². The number of hydrogen-bond acceptors (Lipinski definition) is 5. The number of fused-ring (bicyclic) bond motifs is 1. The molecule has 0 fully saturated rings. The van der Waals surface area contributed by atoms with Gasteiger partial charge < -0.3 is 10.3 Å². The van der Waals surface area contributed by atoms with Gasteiger partial charge in [0, 0.05) is 13.0 Å². The number of nitrogens with one attached hydrogen (secondary N) is 2. The second kappa shape index (κ2) is 7.14. The third-order valence-corrected chi connectivity index (χ3v) is 4.09. The lowest BCUT2D eigenvalue weighted by atomic mass is 10.1. The van der Waals surface area contributed by atoms with Crippen molar-refractivity contribution in [1.82, 2.24) is 35.5 Å². The van der Waals surface area contributed by atoms with Crippen molar-refractivity contribution in [3.05, 3.63) is 72.3 Å². The second-order valence-corrected chi connectivity index (χ2v) is 5.84. The predicted molar refractivity (Wildman–Crippen MR) is 95.2 cm³/mol. The third kappa shape index (κ3) is 3.30. The maximum Gasteiger partial charge on any atom is 0.249 e. The first-order valence-corrected chi connectivity index (χ1v) is 8.30. The number of benzene rings is 2. The molecule has 2 N–H and O–H groups in total. The Balaban J connectivity index is 1.45. The first kappa shape index (κ1) is 15.9. The molecule has 2 aromatic heterocycles. The molecule has 0 aliphatic carbocycles. The van der Waals surface area contributed by atoms with E-state index in [1.54, 1.807) is 0 Å². The van der Waals surface area contributed by atoms with Gasteiger partial charge in [-0.1, -0.05) is 42.5 Å². The monoisotopic (exact) mass is 347 g/mol. The van der Waals surface area contributed by atoms with E-state index in [1.807, 2.05) is 54.6 Å². The van der Waals surface area contributed by atoms with Crippen molar-refractivity contribution >= 4 is 16.9 Å². The van der Waals surface area contributed by atoms with Crippen molar-refractivity contribution in [2.75, 3.05) is 6.54 Å². The van der Waals surface area contributed by atoms with Crippen LogP contribution in [-0.4, -0.2) is 42.6 Å². The summed E-state index contributed by atoms with van der Waals surface area (Å²) >= 11 is 0. The molecule has 0 radical (unpaired) electrons. The lowest BCUT2D eigenvalue weighted by molar-refractivity contribution is -0.123. The minimum atomic E-state index is -0.609. The van der Waals surface area contributed by atoms with Crippen LogP contribution in [0.1, 0.15) is 17.4 Å². The number of rotatable bonds is 6. The average Bonchev–Trinajstić information content (AvgIpc) is 3.32. The number of imidazole rings is 1. The normalized spacial score (nSPS) is 12.2. The van der Waals surface area contributed by atoms with E-state index in [0.717, 1.165) is 22.4 Å². The third-order valence-electron chi connectivity index (χ3n) is 4.09. The van der Waals surface area contributed by atoms with Crippen LogP contribution in [0.2, 0.25) is 0 Å². The molecule has 130 valence electrons. The van der Waals surface area contributed by atoms with Gasteiger partial charge in [0.15, 0.2) is 6.04 Å². The average molecular weight is 347 g/mol. The van der Waals surface area contributed by atoms with Crippen LogP contribution < -0.4 is 5.32 Å². The molecule has 1 unspecified atom stereocenters. The lowest BCUT2D eigenvalue weighted by Gasteiger charge is -2.16. The van der Waals surface area contributed by atoms with Gasteiger partial charge in [0.1, 0.15) is 12.2 Å². The number of H-pyrrole nitrogens is 1. The van der Waals surface area contributed by atoms with Gasteiger partial charge in [-0.2, -0.15) is 0 Å². The van der Waals surface area contributed by atoms with E-state index in [2.05, 4.69) is 30.8 Å². The summed E-state index contributed by atoms with van der Waals surface area (Å²) in [7, 11) is 0. The number of carbonyl (C=O) groups excluding carboxylic acids is 1. The molecular formula is C18H17N7O. The predicted octanol–water partition coefficient (Wildman–Crippen LogP) is 1.50. The summed E-state index contributed by atoms with van der Waals surface area (Å²) in [5.41, 5.74) is 2.73. The molecule has 0 spiro atoms. The summed E-state index contributed by atoms with van der Waals surface area (Å²) in [6.07, 6.45) is 2.05. The number of nitrogens with zero attached hydrogens (tertiary/aromatic N) is 5. The maximum absolute atomic E-state index is 12.7. The first-order valence-electron chi connectivity index (χ1n) is 8.30. The van der Waals surface area contributed by atoms with Gasteiger partial charge in [-0.15, -0.1) is 5.10 Å². The molecule has 0 saturated heterocycles. The molecule has 8 nitrogen and oxygen atoms in total. The van der Waals surface area contributed by atoms with Gasteiger partial charge >= 0.3 is 0 Å². The lowest BCUT2D eigenvalue weighted by Crippen LogP contribution is -2.35. The fourth-order valence-electron chi connectivity index (χ4n) is 2.87. The van der Waals surface area contributed by atoms with Crippen LogP contribution in [0.4, 0.5) is 0 Å². The molecule has 0 saturated carbocycles. The largest absolute Gasteiger partial charge is 0.353 e. The van der Waals surface area contributed by atoms with Crippen LogP contribution in [0, 0.1) is 0 Å². The first-order chi connectivity index (χ1) is 12.8. The fraction of sp³-hybridized carbons (Fsp3) is 0.167. The SMILES string of the molecule is O=C(NCCc1nc2ccccc2[nH]1)C(c1ccccc1)n1cnnn1. The standard InChI is InChI=1S/C18H17N7O/c26-18(17(25-12-20-23-24-25)13-6-2-1-3-7-13)19-11-10-16-21-14-8-4-5-9-15(14)22-16/h1-9,12,17H,10-11H2,(H,19,26)(H,21,22). The van der Waals surface area contributed by atoms with E-state index in [9.17, 15) is 4.79 Å². The molecule has 2 heterocycles. The Morgan fingerprint density at radius 3 is 2.69 bits per heavy atom. The quantitative estimate of drug-likeness (QED) is 0.550. The van der Waals surface area contributed by atoms with Crippen LogP contribution in [0.3, 0.4) is 0 Å². The number of aromatic amines is 1. The fourth-order valence-corrected chi connectivity index (χ4v) is 2.87. The maximum atomic E-state index is 12.7. The number of tetrazole rings is 1. The molecule has 8 heteroatoms. The van der Waals surface area contributed by atoms with Crippen LogP contribution >= 0.6 is 0 Å². The summed E-state index contributed by atoms with van der Waals surface area (Å²) in [5, 5.41) is 14.1. The second-order valence-electron chi connectivity index (χ2n) is 5.84. The summed E-state index contributed by atoms with van der Waals surface area (Å²) in [6.45, 7) is 0.462. The van der Waals surface area contributed by atoms with E-state index in [4.69, 9.17) is 0 Å². The van der Waals surface area contributed by atoms with E-state index >= 15 is 0 Å². The van der Waals surface area contributed by atoms with Crippen molar-refractivity contribution < 1.29 is 4.79 Å².